The van der Waals surface area contributed by atoms with Gasteiger partial charge in [0.2, 0.25) is 0 Å². The van der Waals surface area contributed by atoms with Crippen LogP contribution in [0.1, 0.15) is 13.8 Å². The molecule has 0 spiro atoms. The smallest absolute Gasteiger partial charge is 0.153 e. The van der Waals surface area contributed by atoms with Crippen molar-refractivity contribution in [3.05, 3.63) is 23.4 Å². The quantitative estimate of drug-likeness (QED) is 0.527. The van der Waals surface area contributed by atoms with Crippen LogP contribution in [0.15, 0.2) is 23.4 Å². The fourth-order valence-corrected chi connectivity index (χ4v) is 1.63. The van der Waals surface area contributed by atoms with Crippen molar-refractivity contribution in [3.63, 3.8) is 0 Å². The second-order valence-corrected chi connectivity index (χ2v) is 3.96. The zero-order valence-corrected chi connectivity index (χ0v) is 10.7. The first-order valence-electron chi connectivity index (χ1n) is 5.05. The molecule has 0 atom stereocenters. The molecule has 4 heteroatoms. The molecular formula is C11H24N4. The normalized spacial score (nSPS) is 15.3. The van der Waals surface area contributed by atoms with Gasteiger partial charge in [-0.1, -0.05) is 12.2 Å². The molecule has 0 aromatic carbocycles. The van der Waals surface area contributed by atoms with E-state index in [0.717, 1.165) is 5.57 Å². The van der Waals surface area contributed by atoms with Crippen LogP contribution in [0.25, 0.3) is 0 Å². The number of hydrogen-bond acceptors (Lipinski definition) is 4. The molecular weight excluding hydrogens is 188 g/mol. The fourth-order valence-electron chi connectivity index (χ4n) is 1.63. The van der Waals surface area contributed by atoms with Crippen molar-refractivity contribution in [1.82, 2.24) is 9.80 Å². The first kappa shape index (κ1) is 14.2. The van der Waals surface area contributed by atoms with Crippen molar-refractivity contribution in [3.8, 4) is 0 Å². The lowest BCUT2D eigenvalue weighted by Gasteiger charge is -2.43. The lowest BCUT2D eigenvalue weighted by Crippen LogP contribution is -2.64. The maximum atomic E-state index is 6.38. The van der Waals surface area contributed by atoms with Crippen molar-refractivity contribution >= 4 is 0 Å². The van der Waals surface area contributed by atoms with E-state index < -0.39 is 5.79 Å². The molecule has 15 heavy (non-hydrogen) atoms. The molecule has 0 radical (unpaired) electrons. The molecule has 4 N–H and O–H groups in total. The molecule has 4 nitrogen and oxygen atoms in total. The third-order valence-electron chi connectivity index (χ3n) is 2.67. The van der Waals surface area contributed by atoms with E-state index in [1.54, 1.807) is 0 Å². The summed E-state index contributed by atoms with van der Waals surface area (Å²) in [6.45, 7) is 3.85. The van der Waals surface area contributed by atoms with Gasteiger partial charge < -0.3 is 5.73 Å². The molecule has 0 saturated carbocycles. The second-order valence-electron chi connectivity index (χ2n) is 3.96. The van der Waals surface area contributed by atoms with Crippen molar-refractivity contribution in [2.75, 3.05) is 28.2 Å². The first-order chi connectivity index (χ1) is 6.82. The van der Waals surface area contributed by atoms with Gasteiger partial charge in [-0.05, 0) is 42.0 Å². The average molecular weight is 212 g/mol. The van der Waals surface area contributed by atoms with E-state index in [1.165, 1.54) is 0 Å². The van der Waals surface area contributed by atoms with Gasteiger partial charge in [0.05, 0.1) is 0 Å². The number of rotatable bonds is 4. The Morgan fingerprint density at radius 2 is 1.40 bits per heavy atom. The molecule has 0 amide bonds. The van der Waals surface area contributed by atoms with Crippen LogP contribution in [0, 0.1) is 0 Å². The first-order valence-corrected chi connectivity index (χ1v) is 5.05. The van der Waals surface area contributed by atoms with Crippen LogP contribution in [-0.4, -0.2) is 43.8 Å². The summed E-state index contributed by atoms with van der Waals surface area (Å²) < 4.78 is 0. The molecule has 0 aromatic heterocycles. The largest absolute Gasteiger partial charge is 0.399 e. The van der Waals surface area contributed by atoms with Gasteiger partial charge >= 0.3 is 0 Å². The Labute approximate surface area is 93.2 Å². The summed E-state index contributed by atoms with van der Waals surface area (Å²) in [5.41, 5.74) is 14.0. The minimum Gasteiger partial charge on any atom is -0.399 e. The van der Waals surface area contributed by atoms with Gasteiger partial charge in [0.1, 0.15) is 0 Å². The number of nitrogens with zero attached hydrogens (tertiary/aromatic N) is 2. The van der Waals surface area contributed by atoms with Gasteiger partial charge in [0.15, 0.2) is 5.79 Å². The molecule has 88 valence electrons. The van der Waals surface area contributed by atoms with Gasteiger partial charge in [0.25, 0.3) is 0 Å². The Hall–Kier alpha value is -0.840. The Balaban J connectivity index is 5.44. The molecule has 0 aliphatic heterocycles. The molecule has 0 bridgehead atoms. The maximum Gasteiger partial charge on any atom is 0.153 e. The van der Waals surface area contributed by atoms with Crippen LogP contribution >= 0.6 is 0 Å². The van der Waals surface area contributed by atoms with Gasteiger partial charge in [-0.2, -0.15) is 0 Å². The zero-order chi connectivity index (χ0) is 12.2. The van der Waals surface area contributed by atoms with Crippen molar-refractivity contribution < 1.29 is 0 Å². The summed E-state index contributed by atoms with van der Waals surface area (Å²) >= 11 is 0. The average Bonchev–Trinajstić information content (AvgIpc) is 2.17. The molecule has 0 aliphatic rings. The molecule has 0 saturated heterocycles. The Kier molecular flexibility index (Phi) is 5.00. The van der Waals surface area contributed by atoms with Crippen LogP contribution in [-0.2, 0) is 0 Å². The highest BCUT2D eigenvalue weighted by Crippen LogP contribution is 2.23. The predicted molar refractivity (Wildman–Crippen MR) is 66.0 cm³/mol. The van der Waals surface area contributed by atoms with E-state index in [-0.39, 0.29) is 0 Å². The highest BCUT2D eigenvalue weighted by atomic mass is 15.4. The predicted octanol–water partition coefficient (Wildman–Crippen LogP) is 0.531. The van der Waals surface area contributed by atoms with Gasteiger partial charge in [-0.25, -0.2) is 0 Å². The number of hydrogen-bond donors (Lipinski definition) is 2. The van der Waals surface area contributed by atoms with E-state index in [1.807, 2.05) is 64.0 Å². The topological polar surface area (TPSA) is 58.5 Å². The van der Waals surface area contributed by atoms with Crippen molar-refractivity contribution in [2.24, 2.45) is 11.5 Å². The Morgan fingerprint density at radius 3 is 1.60 bits per heavy atom. The highest BCUT2D eigenvalue weighted by molar-refractivity contribution is 5.35. The molecule has 0 aromatic rings. The molecule has 0 fully saturated rings. The third kappa shape index (κ3) is 2.59. The summed E-state index contributed by atoms with van der Waals surface area (Å²) in [5.74, 6) is -0.675. The van der Waals surface area contributed by atoms with E-state index in [4.69, 9.17) is 11.5 Å². The third-order valence-corrected chi connectivity index (χ3v) is 2.67. The van der Waals surface area contributed by atoms with Crippen LogP contribution < -0.4 is 11.5 Å². The second kappa shape index (κ2) is 5.30. The minimum atomic E-state index is -0.675. The standard InChI is InChI=1S/C11H24N4/c1-7-9(10(12)8-2)11(13,14(3)4)15(5)6/h7-8H,12-13H2,1-6H3. The SMILES string of the molecule is CC=C(N)C(=CC)C(N)(N(C)C)N(C)C. The molecule has 0 rings (SSSR count). The van der Waals surface area contributed by atoms with Gasteiger partial charge in [-0.3, -0.25) is 15.5 Å². The van der Waals surface area contributed by atoms with Crippen LogP contribution in [0.4, 0.5) is 0 Å². The van der Waals surface area contributed by atoms with Crippen LogP contribution in [0.2, 0.25) is 0 Å². The molecule has 0 unspecified atom stereocenters. The highest BCUT2D eigenvalue weighted by Gasteiger charge is 2.35. The summed E-state index contributed by atoms with van der Waals surface area (Å²) in [7, 11) is 7.75. The lowest BCUT2D eigenvalue weighted by atomic mass is 10.0. The zero-order valence-electron chi connectivity index (χ0n) is 10.7. The summed E-state index contributed by atoms with van der Waals surface area (Å²) in [6, 6.07) is 0. The minimum absolute atomic E-state index is 0.675. The van der Waals surface area contributed by atoms with E-state index >= 15 is 0 Å². The van der Waals surface area contributed by atoms with Crippen molar-refractivity contribution in [2.45, 2.75) is 19.6 Å². The lowest BCUT2D eigenvalue weighted by molar-refractivity contribution is 0.0467. The summed E-state index contributed by atoms with van der Waals surface area (Å²) in [6.07, 6.45) is 3.82. The number of allylic oxidation sites excluding steroid dienone is 2. The summed E-state index contributed by atoms with van der Waals surface area (Å²) in [5, 5.41) is 0. The Morgan fingerprint density at radius 1 is 1.00 bits per heavy atom. The Bertz CT molecular complexity index is 256. The molecule has 0 heterocycles. The van der Waals surface area contributed by atoms with Crippen molar-refractivity contribution in [1.29, 1.82) is 0 Å². The van der Waals surface area contributed by atoms with Crippen LogP contribution in [0.3, 0.4) is 0 Å². The van der Waals surface area contributed by atoms with Gasteiger partial charge in [-0.15, -0.1) is 0 Å². The van der Waals surface area contributed by atoms with E-state index in [2.05, 4.69) is 0 Å². The van der Waals surface area contributed by atoms with Crippen LogP contribution in [0.5, 0.6) is 0 Å². The van der Waals surface area contributed by atoms with E-state index in [0.29, 0.717) is 5.70 Å². The van der Waals surface area contributed by atoms with E-state index in [9.17, 15) is 0 Å². The van der Waals surface area contributed by atoms with Gasteiger partial charge in [0, 0.05) is 11.3 Å². The number of nitrogens with two attached hydrogens (primary N) is 2. The maximum absolute atomic E-state index is 6.38. The molecule has 0 aliphatic carbocycles. The fraction of sp³-hybridized carbons (Fsp3) is 0.636. The number of likely N-dealkylation sites (N-methyl/N-ethyl adjacent to an activating group) is 2. The monoisotopic (exact) mass is 212 g/mol. The summed E-state index contributed by atoms with van der Waals surface area (Å²) in [4.78, 5) is 3.89.